The summed E-state index contributed by atoms with van der Waals surface area (Å²) in [4.78, 5) is 17.0. The van der Waals surface area contributed by atoms with Crippen LogP contribution in [-0.4, -0.2) is 15.5 Å². The van der Waals surface area contributed by atoms with Gasteiger partial charge in [-0.1, -0.05) is 49.0 Å². The largest absolute Gasteiger partial charge is 0.269 e. The van der Waals surface area contributed by atoms with Crippen LogP contribution in [0.15, 0.2) is 66.7 Å². The summed E-state index contributed by atoms with van der Waals surface area (Å²) in [6.07, 6.45) is 0. The molecule has 0 saturated heterocycles. The molecule has 3 heteroatoms. The highest BCUT2D eigenvalue weighted by Gasteiger charge is 2.17. The monoisotopic (exact) mass is 262 g/mol. The van der Waals surface area contributed by atoms with Crippen molar-refractivity contribution in [1.82, 2.24) is 9.55 Å². The van der Waals surface area contributed by atoms with Crippen molar-refractivity contribution in [2.45, 2.75) is 6.92 Å². The van der Waals surface area contributed by atoms with E-state index in [1.165, 1.54) is 0 Å². The van der Waals surface area contributed by atoms with Gasteiger partial charge in [-0.25, -0.2) is 4.98 Å². The molecule has 0 aliphatic carbocycles. The molecule has 20 heavy (non-hydrogen) atoms. The lowest BCUT2D eigenvalue weighted by Crippen LogP contribution is -2.12. The number of carbonyl (C=O) groups is 1. The molecule has 0 atom stereocenters. The van der Waals surface area contributed by atoms with Gasteiger partial charge in [-0.3, -0.25) is 9.36 Å². The van der Waals surface area contributed by atoms with E-state index < -0.39 is 0 Å². The zero-order valence-corrected chi connectivity index (χ0v) is 11.2. The lowest BCUT2D eigenvalue weighted by atomic mass is 10.2. The zero-order chi connectivity index (χ0) is 14.1. The standard InChI is InChI=1S/C17H14N2O/c1-12(2)17(20)19-15-11-7-6-10-14(15)18-16(19)13-8-4-3-5-9-13/h3-11H,1H2,2H3. The molecule has 0 radical (unpaired) electrons. The number of rotatable bonds is 2. The minimum Gasteiger partial charge on any atom is -0.269 e. The Morgan fingerprint density at radius 2 is 1.70 bits per heavy atom. The predicted molar refractivity (Wildman–Crippen MR) is 80.6 cm³/mol. The summed E-state index contributed by atoms with van der Waals surface area (Å²) < 4.78 is 1.63. The normalized spacial score (nSPS) is 10.7. The molecule has 0 aliphatic heterocycles. The first-order chi connectivity index (χ1) is 9.68. The second kappa shape index (κ2) is 4.78. The molecular formula is C17H14N2O. The maximum absolute atomic E-state index is 12.4. The SMILES string of the molecule is C=C(C)C(=O)n1c(-c2ccccc2)nc2ccccc21. The van der Waals surface area contributed by atoms with Crippen LogP contribution in [-0.2, 0) is 0 Å². The highest BCUT2D eigenvalue weighted by molar-refractivity contribution is 6.03. The molecule has 3 nitrogen and oxygen atoms in total. The zero-order valence-electron chi connectivity index (χ0n) is 11.2. The van der Waals surface area contributed by atoms with Crippen molar-refractivity contribution < 1.29 is 4.79 Å². The first-order valence-electron chi connectivity index (χ1n) is 6.41. The molecule has 3 rings (SSSR count). The molecule has 1 heterocycles. The summed E-state index contributed by atoms with van der Waals surface area (Å²) in [7, 11) is 0. The van der Waals surface area contributed by atoms with Crippen LogP contribution in [0.2, 0.25) is 0 Å². The first-order valence-corrected chi connectivity index (χ1v) is 6.41. The average Bonchev–Trinajstić information content (AvgIpc) is 2.86. The fourth-order valence-electron chi connectivity index (χ4n) is 2.20. The fraction of sp³-hybridized carbons (Fsp3) is 0.0588. The van der Waals surface area contributed by atoms with Crippen molar-refractivity contribution >= 4 is 16.9 Å². The van der Waals surface area contributed by atoms with Crippen LogP contribution >= 0.6 is 0 Å². The second-order valence-electron chi connectivity index (χ2n) is 4.71. The number of hydrogen-bond donors (Lipinski definition) is 0. The lowest BCUT2D eigenvalue weighted by molar-refractivity contribution is 0.0962. The van der Waals surface area contributed by atoms with E-state index >= 15 is 0 Å². The predicted octanol–water partition coefficient (Wildman–Crippen LogP) is 3.92. The van der Waals surface area contributed by atoms with Gasteiger partial charge >= 0.3 is 0 Å². The van der Waals surface area contributed by atoms with Gasteiger partial charge in [-0.2, -0.15) is 0 Å². The van der Waals surface area contributed by atoms with Gasteiger partial charge in [0.2, 0.25) is 0 Å². The van der Waals surface area contributed by atoms with Gasteiger partial charge in [0.1, 0.15) is 5.82 Å². The highest BCUT2D eigenvalue weighted by atomic mass is 16.2. The molecule has 2 aromatic carbocycles. The van der Waals surface area contributed by atoms with Crippen LogP contribution < -0.4 is 0 Å². The third-order valence-corrected chi connectivity index (χ3v) is 3.16. The van der Waals surface area contributed by atoms with E-state index in [1.807, 2.05) is 54.6 Å². The molecule has 0 N–H and O–H groups in total. The summed E-state index contributed by atoms with van der Waals surface area (Å²) >= 11 is 0. The van der Waals surface area contributed by atoms with Crippen molar-refractivity contribution in [2.75, 3.05) is 0 Å². The third kappa shape index (κ3) is 1.93. The van der Waals surface area contributed by atoms with E-state index in [2.05, 4.69) is 11.6 Å². The van der Waals surface area contributed by atoms with Crippen LogP contribution in [0, 0.1) is 0 Å². The number of nitrogens with zero attached hydrogens (tertiary/aromatic N) is 2. The molecule has 0 fully saturated rings. The molecule has 0 unspecified atom stereocenters. The highest BCUT2D eigenvalue weighted by Crippen LogP contribution is 2.25. The molecule has 0 bridgehead atoms. The lowest BCUT2D eigenvalue weighted by Gasteiger charge is -2.07. The maximum Gasteiger partial charge on any atom is 0.259 e. The van der Waals surface area contributed by atoms with E-state index in [0.717, 1.165) is 16.6 Å². The van der Waals surface area contributed by atoms with Crippen LogP contribution in [0.3, 0.4) is 0 Å². The number of para-hydroxylation sites is 2. The number of hydrogen-bond acceptors (Lipinski definition) is 2. The van der Waals surface area contributed by atoms with E-state index in [1.54, 1.807) is 11.5 Å². The third-order valence-electron chi connectivity index (χ3n) is 3.16. The van der Waals surface area contributed by atoms with Crippen LogP contribution in [0.5, 0.6) is 0 Å². The van der Waals surface area contributed by atoms with Gasteiger partial charge in [0.25, 0.3) is 5.91 Å². The van der Waals surface area contributed by atoms with Gasteiger partial charge in [-0.15, -0.1) is 0 Å². The molecular weight excluding hydrogens is 248 g/mol. The van der Waals surface area contributed by atoms with Crippen molar-refractivity contribution in [1.29, 1.82) is 0 Å². The van der Waals surface area contributed by atoms with Crippen molar-refractivity contribution in [3.63, 3.8) is 0 Å². The van der Waals surface area contributed by atoms with Gasteiger partial charge in [0.05, 0.1) is 11.0 Å². The van der Waals surface area contributed by atoms with Crippen LogP contribution in [0.4, 0.5) is 0 Å². The van der Waals surface area contributed by atoms with E-state index in [4.69, 9.17) is 0 Å². The van der Waals surface area contributed by atoms with Crippen molar-refractivity contribution in [3.8, 4) is 11.4 Å². The molecule has 0 saturated carbocycles. The number of carbonyl (C=O) groups excluding carboxylic acids is 1. The number of fused-ring (bicyclic) bond motifs is 1. The topological polar surface area (TPSA) is 34.9 Å². The van der Waals surface area contributed by atoms with Crippen LogP contribution in [0.25, 0.3) is 22.4 Å². The Morgan fingerprint density at radius 1 is 1.05 bits per heavy atom. The minimum atomic E-state index is -0.127. The molecule has 0 aliphatic rings. The Kier molecular flexibility index (Phi) is 2.95. The first kappa shape index (κ1) is 12.4. The Morgan fingerprint density at radius 3 is 2.40 bits per heavy atom. The molecule has 0 spiro atoms. The average molecular weight is 262 g/mol. The fourth-order valence-corrected chi connectivity index (χ4v) is 2.20. The molecule has 3 aromatic rings. The number of allylic oxidation sites excluding steroid dienone is 1. The second-order valence-corrected chi connectivity index (χ2v) is 4.71. The van der Waals surface area contributed by atoms with Gasteiger partial charge in [0, 0.05) is 11.1 Å². The van der Waals surface area contributed by atoms with Crippen molar-refractivity contribution in [2.24, 2.45) is 0 Å². The summed E-state index contributed by atoms with van der Waals surface area (Å²) in [6, 6.07) is 17.3. The molecule has 98 valence electrons. The summed E-state index contributed by atoms with van der Waals surface area (Å²) in [5.41, 5.74) is 3.02. The summed E-state index contributed by atoms with van der Waals surface area (Å²) in [5, 5.41) is 0. The van der Waals surface area contributed by atoms with Gasteiger partial charge in [0.15, 0.2) is 0 Å². The maximum atomic E-state index is 12.4. The Bertz CT molecular complexity index is 800. The van der Waals surface area contributed by atoms with Crippen molar-refractivity contribution in [3.05, 3.63) is 66.7 Å². The van der Waals surface area contributed by atoms with E-state index in [-0.39, 0.29) is 5.91 Å². The van der Waals surface area contributed by atoms with Gasteiger partial charge in [-0.05, 0) is 19.1 Å². The van der Waals surface area contributed by atoms with E-state index in [9.17, 15) is 4.79 Å². The Labute approximate surface area is 117 Å². The quantitative estimate of drug-likeness (QED) is 0.656. The minimum absolute atomic E-state index is 0.127. The van der Waals surface area contributed by atoms with Gasteiger partial charge < -0.3 is 0 Å². The summed E-state index contributed by atoms with van der Waals surface area (Å²) in [5.74, 6) is 0.525. The molecule has 0 amide bonds. The molecule has 1 aromatic heterocycles. The Balaban J connectivity index is 2.34. The number of imidazole rings is 1. The van der Waals surface area contributed by atoms with E-state index in [0.29, 0.717) is 11.4 Å². The summed E-state index contributed by atoms with van der Waals surface area (Å²) in [6.45, 7) is 5.47. The Hall–Kier alpha value is -2.68. The number of aromatic nitrogens is 2. The number of benzene rings is 2. The van der Waals surface area contributed by atoms with Crippen LogP contribution in [0.1, 0.15) is 11.7 Å². The smallest absolute Gasteiger partial charge is 0.259 e.